The number of nitriles is 1. The zero-order valence-corrected chi connectivity index (χ0v) is 24.1. The summed E-state index contributed by atoms with van der Waals surface area (Å²) in [5, 5.41) is 10.7. The molecule has 0 amide bonds. The van der Waals surface area contributed by atoms with Crippen LogP contribution in [0, 0.1) is 18.3 Å². The van der Waals surface area contributed by atoms with Gasteiger partial charge in [-0.15, -0.1) is 0 Å². The number of rotatable bonds is 11. The van der Waals surface area contributed by atoms with Gasteiger partial charge >= 0.3 is 0 Å². The van der Waals surface area contributed by atoms with Gasteiger partial charge in [-0.05, 0) is 56.7 Å². The van der Waals surface area contributed by atoms with Crippen LogP contribution in [-0.4, -0.2) is 36.2 Å². The van der Waals surface area contributed by atoms with Crippen molar-refractivity contribution in [3.8, 4) is 23.3 Å². The molecule has 40 heavy (non-hydrogen) atoms. The highest BCUT2D eigenvalue weighted by Gasteiger charge is 2.35. The van der Waals surface area contributed by atoms with Crippen LogP contribution in [0.5, 0.6) is 17.2 Å². The number of aromatic nitrogens is 1. The van der Waals surface area contributed by atoms with Gasteiger partial charge in [0, 0.05) is 28.9 Å². The van der Waals surface area contributed by atoms with Crippen molar-refractivity contribution in [3.63, 3.8) is 0 Å². The summed E-state index contributed by atoms with van der Waals surface area (Å²) in [6.07, 6.45) is 0.821. The topological polar surface area (TPSA) is 103 Å². The number of allylic oxidation sites excluding steroid dienone is 1. The maximum absolute atomic E-state index is 13.9. The summed E-state index contributed by atoms with van der Waals surface area (Å²) in [5.41, 5.74) is 8.84. The lowest BCUT2D eigenvalue weighted by molar-refractivity contribution is 0.284. The predicted molar refractivity (Wildman–Crippen MR) is 156 cm³/mol. The number of benzene rings is 2. The van der Waals surface area contributed by atoms with Gasteiger partial charge in [0.1, 0.15) is 24.0 Å². The molecule has 0 radical (unpaired) electrons. The van der Waals surface area contributed by atoms with Crippen molar-refractivity contribution in [1.29, 1.82) is 5.26 Å². The number of hydrogen-bond acceptors (Lipinski definition) is 7. The second-order valence-corrected chi connectivity index (χ2v) is 10.0. The number of methoxy groups -OCH3 is 1. The summed E-state index contributed by atoms with van der Waals surface area (Å²) >= 11 is 6.28. The number of aryl methyl sites for hydroxylation is 1. The smallest absolute Gasteiger partial charge is 0.258 e. The molecule has 2 N–H and O–H groups in total. The fourth-order valence-corrected chi connectivity index (χ4v) is 5.23. The van der Waals surface area contributed by atoms with Crippen molar-refractivity contribution in [2.24, 2.45) is 5.73 Å². The van der Waals surface area contributed by atoms with Crippen LogP contribution in [0.4, 0.5) is 0 Å². The number of hydrogen-bond donors (Lipinski definition) is 1. The molecule has 1 atom stereocenters. The van der Waals surface area contributed by atoms with E-state index in [1.165, 1.54) is 0 Å². The van der Waals surface area contributed by atoms with Crippen molar-refractivity contribution >= 4 is 11.6 Å². The highest BCUT2D eigenvalue weighted by atomic mass is 35.5. The van der Waals surface area contributed by atoms with Crippen LogP contribution in [0.2, 0.25) is 5.02 Å². The first-order valence-electron chi connectivity index (χ1n) is 13.4. The SMILES string of the molecule is CCN(CC)CCCn1c(C)cc2c(c1=O)[C@H](c1ccc(OCc3ccccc3Cl)c(OC)c1)C(C#N)=C(N)O2. The summed E-state index contributed by atoms with van der Waals surface area (Å²) < 4.78 is 19.2. The molecule has 1 aliphatic rings. The van der Waals surface area contributed by atoms with Crippen molar-refractivity contribution in [2.45, 2.75) is 46.3 Å². The number of nitrogens with two attached hydrogens (primary N) is 1. The summed E-state index contributed by atoms with van der Waals surface area (Å²) in [5.74, 6) is 0.590. The number of pyridine rings is 1. The standard InChI is InChI=1S/C31H35ClN4O4/c1-5-35(6-2)14-9-15-36-20(3)16-27-29(31(36)37)28(23(18-33)30(34)40-27)21-12-13-25(26(17-21)38-4)39-19-22-10-7-8-11-24(22)32/h7-8,10-13,16-17,28H,5-6,9,14-15,19,34H2,1-4H3/t28-/m1/s1. The average Bonchev–Trinajstić information content (AvgIpc) is 2.95. The molecular weight excluding hydrogens is 528 g/mol. The summed E-state index contributed by atoms with van der Waals surface area (Å²) in [7, 11) is 1.54. The second kappa shape index (κ2) is 12.9. The Morgan fingerprint density at radius 2 is 1.90 bits per heavy atom. The minimum atomic E-state index is -0.720. The highest BCUT2D eigenvalue weighted by Crippen LogP contribution is 2.43. The molecule has 4 rings (SSSR count). The van der Waals surface area contributed by atoms with Crippen molar-refractivity contribution < 1.29 is 14.2 Å². The minimum absolute atomic E-state index is 0.0175. The third kappa shape index (κ3) is 5.96. The molecule has 0 aliphatic carbocycles. The van der Waals surface area contributed by atoms with E-state index in [0.717, 1.165) is 37.3 Å². The molecule has 8 nitrogen and oxygen atoms in total. The van der Waals surface area contributed by atoms with Crippen LogP contribution in [0.3, 0.4) is 0 Å². The van der Waals surface area contributed by atoms with Gasteiger partial charge in [-0.25, -0.2) is 0 Å². The molecule has 210 valence electrons. The van der Waals surface area contributed by atoms with E-state index in [4.69, 9.17) is 31.5 Å². The molecule has 2 heterocycles. The Kier molecular flexibility index (Phi) is 9.41. The molecule has 0 fully saturated rings. The molecule has 0 spiro atoms. The van der Waals surface area contributed by atoms with Gasteiger partial charge in [-0.3, -0.25) is 4.79 Å². The lowest BCUT2D eigenvalue weighted by Crippen LogP contribution is -2.33. The van der Waals surface area contributed by atoms with Crippen LogP contribution in [0.25, 0.3) is 0 Å². The monoisotopic (exact) mass is 562 g/mol. The molecule has 0 saturated heterocycles. The van der Waals surface area contributed by atoms with Crippen molar-refractivity contribution in [1.82, 2.24) is 9.47 Å². The van der Waals surface area contributed by atoms with Gasteiger partial charge in [0.05, 0.1) is 18.6 Å². The van der Waals surface area contributed by atoms with Gasteiger partial charge in [0.25, 0.3) is 5.56 Å². The highest BCUT2D eigenvalue weighted by molar-refractivity contribution is 6.31. The first-order valence-corrected chi connectivity index (χ1v) is 13.8. The van der Waals surface area contributed by atoms with Gasteiger partial charge in [0.15, 0.2) is 11.5 Å². The third-order valence-corrected chi connectivity index (χ3v) is 7.67. The van der Waals surface area contributed by atoms with E-state index in [9.17, 15) is 10.1 Å². The summed E-state index contributed by atoms with van der Waals surface area (Å²) in [6.45, 7) is 9.75. The molecule has 0 bridgehead atoms. The van der Waals surface area contributed by atoms with E-state index < -0.39 is 5.92 Å². The molecule has 2 aromatic carbocycles. The largest absolute Gasteiger partial charge is 0.493 e. The quantitative estimate of drug-likeness (QED) is 0.336. The molecule has 0 unspecified atom stereocenters. The van der Waals surface area contributed by atoms with Crippen LogP contribution < -0.4 is 25.5 Å². The second-order valence-electron chi connectivity index (χ2n) is 9.62. The maximum Gasteiger partial charge on any atom is 0.258 e. The minimum Gasteiger partial charge on any atom is -0.493 e. The third-order valence-electron chi connectivity index (χ3n) is 7.30. The molecule has 3 aromatic rings. The van der Waals surface area contributed by atoms with E-state index in [1.807, 2.05) is 37.3 Å². The predicted octanol–water partition coefficient (Wildman–Crippen LogP) is 5.35. The van der Waals surface area contributed by atoms with E-state index in [0.29, 0.717) is 39.9 Å². The molecule has 1 aliphatic heterocycles. The Hall–Kier alpha value is -3.93. The normalized spacial score (nSPS) is 14.5. The Balaban J connectivity index is 1.71. The van der Waals surface area contributed by atoms with E-state index in [-0.39, 0.29) is 23.6 Å². The summed E-state index contributed by atoms with van der Waals surface area (Å²) in [4.78, 5) is 16.3. The van der Waals surface area contributed by atoms with Gasteiger partial charge in [-0.1, -0.05) is 49.7 Å². The first kappa shape index (κ1) is 29.1. The number of nitrogens with zero attached hydrogens (tertiary/aromatic N) is 3. The fourth-order valence-electron chi connectivity index (χ4n) is 5.04. The van der Waals surface area contributed by atoms with E-state index >= 15 is 0 Å². The van der Waals surface area contributed by atoms with E-state index in [1.54, 1.807) is 29.9 Å². The van der Waals surface area contributed by atoms with Crippen molar-refractivity contribution in [3.05, 3.63) is 97.7 Å². The zero-order valence-electron chi connectivity index (χ0n) is 23.4. The Morgan fingerprint density at radius 1 is 1.15 bits per heavy atom. The lowest BCUT2D eigenvalue weighted by Gasteiger charge is -2.28. The fraction of sp³-hybridized carbons (Fsp3) is 0.355. The summed E-state index contributed by atoms with van der Waals surface area (Å²) in [6, 6.07) is 16.8. The van der Waals surface area contributed by atoms with Crippen LogP contribution in [-0.2, 0) is 13.2 Å². The van der Waals surface area contributed by atoms with Crippen molar-refractivity contribution in [2.75, 3.05) is 26.7 Å². The van der Waals surface area contributed by atoms with Crippen LogP contribution in [0.15, 0.2) is 64.8 Å². The Morgan fingerprint density at radius 3 is 2.58 bits per heavy atom. The lowest BCUT2D eigenvalue weighted by atomic mass is 9.84. The molecular formula is C31H35ClN4O4. The Bertz CT molecular complexity index is 1500. The first-order chi connectivity index (χ1) is 19.3. The zero-order chi connectivity index (χ0) is 28.8. The Labute approximate surface area is 240 Å². The van der Waals surface area contributed by atoms with E-state index in [2.05, 4.69) is 24.8 Å². The number of halogens is 1. The maximum atomic E-state index is 13.9. The van der Waals surface area contributed by atoms with Gasteiger partial charge in [-0.2, -0.15) is 5.26 Å². The molecule has 0 saturated carbocycles. The van der Waals surface area contributed by atoms with Crippen LogP contribution in [0.1, 0.15) is 48.6 Å². The number of fused-ring (bicyclic) bond motifs is 1. The molecule has 9 heteroatoms. The van der Waals surface area contributed by atoms with Gasteiger partial charge < -0.3 is 29.4 Å². The van der Waals surface area contributed by atoms with Gasteiger partial charge in [0.2, 0.25) is 5.88 Å². The van der Waals surface area contributed by atoms with Crippen LogP contribution >= 0.6 is 11.6 Å². The average molecular weight is 563 g/mol. The number of ether oxygens (including phenoxy) is 3. The molecule has 1 aromatic heterocycles.